The van der Waals surface area contributed by atoms with Crippen LogP contribution in [0.4, 0.5) is 18.9 Å². The van der Waals surface area contributed by atoms with Gasteiger partial charge < -0.3 is 4.98 Å². The molecule has 90 valence electrons. The van der Waals surface area contributed by atoms with Crippen LogP contribution in [0, 0.1) is 13.7 Å². The molecule has 0 amide bonds. The molecular formula is C8H3F3IN3O2. The Labute approximate surface area is 105 Å². The number of aromatic nitrogens is 2. The number of halogens is 4. The van der Waals surface area contributed by atoms with Crippen molar-refractivity contribution < 1.29 is 18.1 Å². The summed E-state index contributed by atoms with van der Waals surface area (Å²) in [5, 5.41) is 10.7. The fourth-order valence-electron chi connectivity index (χ4n) is 1.36. The summed E-state index contributed by atoms with van der Waals surface area (Å²) in [7, 11) is 0. The number of nitrogens with zero attached hydrogens (tertiary/aromatic N) is 2. The van der Waals surface area contributed by atoms with Crippen molar-refractivity contribution in [2.75, 3.05) is 0 Å². The molecule has 0 saturated heterocycles. The van der Waals surface area contributed by atoms with Crippen molar-refractivity contribution in [3.8, 4) is 0 Å². The molecule has 2 aromatic heterocycles. The summed E-state index contributed by atoms with van der Waals surface area (Å²) < 4.78 is 37.4. The molecule has 0 atom stereocenters. The van der Waals surface area contributed by atoms with E-state index >= 15 is 0 Å². The van der Waals surface area contributed by atoms with E-state index in [2.05, 4.69) is 9.97 Å². The van der Waals surface area contributed by atoms with E-state index in [1.165, 1.54) is 22.6 Å². The second-order valence-corrected chi connectivity index (χ2v) is 4.31. The lowest BCUT2D eigenvalue weighted by Gasteiger charge is -2.07. The van der Waals surface area contributed by atoms with Crippen LogP contribution in [-0.2, 0) is 6.18 Å². The van der Waals surface area contributed by atoms with Crippen LogP contribution in [-0.4, -0.2) is 14.9 Å². The summed E-state index contributed by atoms with van der Waals surface area (Å²) >= 11 is 1.45. The lowest BCUT2D eigenvalue weighted by atomic mass is 10.2. The molecule has 0 saturated carbocycles. The van der Waals surface area contributed by atoms with Gasteiger partial charge in [0.2, 0.25) is 0 Å². The lowest BCUT2D eigenvalue weighted by molar-refractivity contribution is -0.383. The fraction of sp³-hybridized carbons (Fsp3) is 0.125. The average Bonchev–Trinajstić information content (AvgIpc) is 2.57. The fourth-order valence-corrected chi connectivity index (χ4v) is 2.10. The van der Waals surface area contributed by atoms with Crippen LogP contribution < -0.4 is 0 Å². The highest BCUT2D eigenvalue weighted by Gasteiger charge is 2.36. The number of nitrogens with one attached hydrogen (secondary N) is 1. The summed E-state index contributed by atoms with van der Waals surface area (Å²) in [6.07, 6.45) is -3.56. The Bertz CT molecular complexity index is 608. The van der Waals surface area contributed by atoms with Gasteiger partial charge in [-0.05, 0) is 28.7 Å². The van der Waals surface area contributed by atoms with Gasteiger partial charge in [0.05, 0.1) is 16.5 Å². The SMILES string of the molecule is O=[N+]([O-])c1c[nH]c2nc(C(F)(F)F)c(I)cc12. The predicted molar refractivity (Wildman–Crippen MR) is 60.5 cm³/mol. The number of aromatic amines is 1. The number of hydrogen-bond donors (Lipinski definition) is 1. The average molecular weight is 357 g/mol. The largest absolute Gasteiger partial charge is 0.434 e. The minimum absolute atomic E-state index is 0.0624. The Hall–Kier alpha value is -1.39. The van der Waals surface area contributed by atoms with E-state index in [1.807, 2.05) is 0 Å². The third kappa shape index (κ3) is 2.06. The summed E-state index contributed by atoms with van der Waals surface area (Å²) in [4.78, 5) is 15.6. The maximum absolute atomic E-state index is 12.5. The normalized spacial score (nSPS) is 12.0. The standard InChI is InChI=1S/C8H3F3IN3O2/c9-8(10,11)6-4(12)1-3-5(15(16)17)2-13-7(3)14-6/h1-2H,(H,13,14). The molecule has 0 fully saturated rings. The molecule has 0 aliphatic carbocycles. The first-order valence-corrected chi connectivity index (χ1v) is 5.28. The number of nitro groups is 1. The quantitative estimate of drug-likeness (QED) is 0.484. The van der Waals surface area contributed by atoms with Crippen LogP contribution in [0.3, 0.4) is 0 Å². The smallest absolute Gasteiger partial charge is 0.340 e. The van der Waals surface area contributed by atoms with Gasteiger partial charge in [0, 0.05) is 3.57 Å². The van der Waals surface area contributed by atoms with Crippen LogP contribution >= 0.6 is 22.6 Å². The zero-order chi connectivity index (χ0) is 12.8. The summed E-state index contributed by atoms with van der Waals surface area (Å²) in [6.45, 7) is 0. The Kier molecular flexibility index (Phi) is 2.72. The summed E-state index contributed by atoms with van der Waals surface area (Å²) in [6, 6.07) is 1.10. The molecule has 9 heteroatoms. The molecule has 0 bridgehead atoms. The molecule has 1 N–H and O–H groups in total. The first kappa shape index (κ1) is 12.1. The van der Waals surface area contributed by atoms with Crippen molar-refractivity contribution in [1.82, 2.24) is 9.97 Å². The van der Waals surface area contributed by atoms with E-state index in [-0.39, 0.29) is 20.3 Å². The number of H-pyrrole nitrogens is 1. The number of rotatable bonds is 1. The predicted octanol–water partition coefficient (Wildman–Crippen LogP) is 3.09. The van der Waals surface area contributed by atoms with Gasteiger partial charge in [0.15, 0.2) is 5.69 Å². The molecule has 0 aliphatic rings. The van der Waals surface area contributed by atoms with E-state index in [0.29, 0.717) is 0 Å². The van der Waals surface area contributed by atoms with Crippen LogP contribution in [0.25, 0.3) is 11.0 Å². The minimum atomic E-state index is -4.58. The van der Waals surface area contributed by atoms with Gasteiger partial charge in [0.1, 0.15) is 5.65 Å². The topological polar surface area (TPSA) is 71.8 Å². The van der Waals surface area contributed by atoms with E-state index in [1.54, 1.807) is 0 Å². The van der Waals surface area contributed by atoms with Gasteiger partial charge in [-0.3, -0.25) is 10.1 Å². The van der Waals surface area contributed by atoms with Gasteiger partial charge in [-0.1, -0.05) is 0 Å². The lowest BCUT2D eigenvalue weighted by Crippen LogP contribution is -2.10. The highest BCUT2D eigenvalue weighted by atomic mass is 127. The third-order valence-electron chi connectivity index (χ3n) is 2.06. The monoisotopic (exact) mass is 357 g/mol. The third-order valence-corrected chi connectivity index (χ3v) is 2.89. The van der Waals surface area contributed by atoms with E-state index in [9.17, 15) is 23.3 Å². The van der Waals surface area contributed by atoms with E-state index < -0.39 is 16.8 Å². The van der Waals surface area contributed by atoms with Gasteiger partial charge in [-0.25, -0.2) is 4.98 Å². The Balaban J connectivity index is 2.73. The molecule has 2 heterocycles. The van der Waals surface area contributed by atoms with Crippen LogP contribution in [0.15, 0.2) is 12.3 Å². The molecule has 0 radical (unpaired) electrons. The number of hydrogen-bond acceptors (Lipinski definition) is 3. The van der Waals surface area contributed by atoms with Gasteiger partial charge in [-0.15, -0.1) is 0 Å². The Morgan fingerprint density at radius 2 is 2.12 bits per heavy atom. The molecule has 0 unspecified atom stereocenters. The summed E-state index contributed by atoms with van der Waals surface area (Å²) in [5.41, 5.74) is -1.49. The molecular weight excluding hydrogens is 354 g/mol. The van der Waals surface area contributed by atoms with Gasteiger partial charge in [-0.2, -0.15) is 13.2 Å². The van der Waals surface area contributed by atoms with Crippen molar-refractivity contribution in [3.05, 3.63) is 31.6 Å². The van der Waals surface area contributed by atoms with Crippen LogP contribution in [0.1, 0.15) is 5.69 Å². The second-order valence-electron chi connectivity index (χ2n) is 3.14. The zero-order valence-corrected chi connectivity index (χ0v) is 10.0. The summed E-state index contributed by atoms with van der Waals surface area (Å²) in [5.74, 6) is 0. The van der Waals surface area contributed by atoms with Crippen molar-refractivity contribution in [1.29, 1.82) is 0 Å². The maximum Gasteiger partial charge on any atom is 0.434 e. The highest BCUT2D eigenvalue weighted by molar-refractivity contribution is 14.1. The molecule has 0 aliphatic heterocycles. The molecule has 5 nitrogen and oxygen atoms in total. The Morgan fingerprint density at radius 1 is 1.47 bits per heavy atom. The number of pyridine rings is 1. The highest BCUT2D eigenvalue weighted by Crippen LogP contribution is 2.34. The van der Waals surface area contributed by atoms with Crippen LogP contribution in [0.2, 0.25) is 0 Å². The van der Waals surface area contributed by atoms with Gasteiger partial charge >= 0.3 is 6.18 Å². The molecule has 0 spiro atoms. The Morgan fingerprint density at radius 3 is 2.65 bits per heavy atom. The second kappa shape index (κ2) is 3.82. The van der Waals surface area contributed by atoms with Crippen molar-refractivity contribution in [2.24, 2.45) is 0 Å². The van der Waals surface area contributed by atoms with E-state index in [0.717, 1.165) is 12.3 Å². The molecule has 2 rings (SSSR count). The van der Waals surface area contributed by atoms with Crippen LogP contribution in [0.5, 0.6) is 0 Å². The first-order chi connectivity index (χ1) is 7.80. The number of fused-ring (bicyclic) bond motifs is 1. The van der Waals surface area contributed by atoms with Crippen molar-refractivity contribution in [2.45, 2.75) is 6.18 Å². The number of alkyl halides is 3. The minimum Gasteiger partial charge on any atom is -0.340 e. The maximum atomic E-state index is 12.5. The van der Waals surface area contributed by atoms with Gasteiger partial charge in [0.25, 0.3) is 5.69 Å². The molecule has 17 heavy (non-hydrogen) atoms. The van der Waals surface area contributed by atoms with Crippen molar-refractivity contribution in [3.63, 3.8) is 0 Å². The van der Waals surface area contributed by atoms with E-state index in [4.69, 9.17) is 0 Å². The molecule has 2 aromatic rings. The molecule has 0 aromatic carbocycles. The first-order valence-electron chi connectivity index (χ1n) is 4.20. The van der Waals surface area contributed by atoms with Crippen molar-refractivity contribution >= 4 is 39.3 Å². The zero-order valence-electron chi connectivity index (χ0n) is 7.88.